The molecule has 2 nitrogen and oxygen atoms in total. The van der Waals surface area contributed by atoms with Gasteiger partial charge in [0, 0.05) is 0 Å². The molecule has 2 aromatic rings. The molecule has 2 aromatic carbocycles. The van der Waals surface area contributed by atoms with Gasteiger partial charge in [0.1, 0.15) is 0 Å². The van der Waals surface area contributed by atoms with Crippen molar-refractivity contribution in [2.75, 3.05) is 5.32 Å². The minimum atomic E-state index is 0.680. The fraction of sp³-hybridized carbons (Fsp3) is 0. The molecule has 0 bridgehead atoms. The van der Waals surface area contributed by atoms with Crippen LogP contribution in [0.4, 0.5) is 11.4 Å². The zero-order valence-corrected chi connectivity index (χ0v) is 12.5. The molecule has 2 rings (SSSR count). The van der Waals surface area contributed by atoms with Crippen LogP contribution in [0.15, 0.2) is 53.5 Å². The van der Waals surface area contributed by atoms with E-state index in [1.54, 1.807) is 12.1 Å². The molecule has 5 heteroatoms. The number of hydrogen-bond acceptors (Lipinski definition) is 1. The quantitative estimate of drug-likeness (QED) is 0.492. The van der Waals surface area contributed by atoms with E-state index in [-0.39, 0.29) is 0 Å². The molecule has 0 aromatic heterocycles. The average molecular weight is 343 g/mol. The SMILES string of the molecule is Clc1ccc(N=C([Se])Nc2ccc(Cl)cc2)cc1. The molecule has 0 spiro atoms. The third-order valence-electron chi connectivity index (χ3n) is 2.15. The number of benzene rings is 2. The van der Waals surface area contributed by atoms with Gasteiger partial charge in [-0.3, -0.25) is 0 Å². The van der Waals surface area contributed by atoms with Crippen molar-refractivity contribution in [2.24, 2.45) is 4.99 Å². The fourth-order valence-electron chi connectivity index (χ4n) is 1.32. The summed E-state index contributed by atoms with van der Waals surface area (Å²) in [5.74, 6) is 0. The van der Waals surface area contributed by atoms with E-state index in [2.05, 4.69) is 26.3 Å². The first-order valence-corrected chi connectivity index (χ1v) is 6.78. The molecular formula is C13H9Cl2N2Se. The second-order valence-corrected chi connectivity index (χ2v) is 5.21. The zero-order valence-electron chi connectivity index (χ0n) is 9.23. The van der Waals surface area contributed by atoms with Gasteiger partial charge in [0.05, 0.1) is 0 Å². The molecule has 0 unspecified atom stereocenters. The van der Waals surface area contributed by atoms with Crippen LogP contribution in [0, 0.1) is 0 Å². The Labute approximate surface area is 124 Å². The topological polar surface area (TPSA) is 24.4 Å². The van der Waals surface area contributed by atoms with Crippen molar-refractivity contribution in [3.05, 3.63) is 58.6 Å². The molecule has 91 valence electrons. The van der Waals surface area contributed by atoms with Gasteiger partial charge in [-0.15, -0.1) is 0 Å². The van der Waals surface area contributed by atoms with Crippen LogP contribution in [0.3, 0.4) is 0 Å². The van der Waals surface area contributed by atoms with Crippen molar-refractivity contribution in [1.82, 2.24) is 0 Å². The number of hydrogen-bond donors (Lipinski definition) is 1. The number of rotatable bonds is 2. The van der Waals surface area contributed by atoms with Gasteiger partial charge in [-0.05, 0) is 0 Å². The van der Waals surface area contributed by atoms with Crippen molar-refractivity contribution in [1.29, 1.82) is 0 Å². The third kappa shape index (κ3) is 4.04. The molecule has 0 aliphatic heterocycles. The van der Waals surface area contributed by atoms with Gasteiger partial charge in [0.2, 0.25) is 0 Å². The summed E-state index contributed by atoms with van der Waals surface area (Å²) in [4.78, 5) is 4.38. The molecule has 1 radical (unpaired) electrons. The number of nitrogens with zero attached hydrogens (tertiary/aromatic N) is 1. The van der Waals surface area contributed by atoms with Gasteiger partial charge in [0.15, 0.2) is 0 Å². The molecule has 0 saturated carbocycles. The second kappa shape index (κ2) is 6.26. The Morgan fingerprint density at radius 2 is 1.39 bits per heavy atom. The van der Waals surface area contributed by atoms with Crippen LogP contribution in [0.2, 0.25) is 10.0 Å². The number of halogens is 2. The van der Waals surface area contributed by atoms with Crippen molar-refractivity contribution >= 4 is 55.3 Å². The van der Waals surface area contributed by atoms with E-state index in [1.165, 1.54) is 0 Å². The van der Waals surface area contributed by atoms with Crippen LogP contribution in [0.1, 0.15) is 0 Å². The first-order valence-electron chi connectivity index (χ1n) is 5.17. The predicted molar refractivity (Wildman–Crippen MR) is 79.4 cm³/mol. The molecule has 0 amide bonds. The summed E-state index contributed by atoms with van der Waals surface area (Å²) in [6.45, 7) is 0. The molecule has 0 aliphatic rings. The Morgan fingerprint density at radius 1 is 0.889 bits per heavy atom. The standard InChI is InChI=1S/C13H9Cl2N2Se/c14-9-1-5-11(6-2-9)16-13(18)17-12-7-3-10(15)4-8-12/h1-8H,(H,16,17). The molecule has 0 saturated heterocycles. The van der Waals surface area contributed by atoms with Crippen LogP contribution in [0.5, 0.6) is 0 Å². The van der Waals surface area contributed by atoms with Gasteiger partial charge in [0.25, 0.3) is 0 Å². The molecular weight excluding hydrogens is 334 g/mol. The normalized spacial score (nSPS) is 11.3. The molecule has 1 N–H and O–H groups in total. The second-order valence-electron chi connectivity index (χ2n) is 3.53. The van der Waals surface area contributed by atoms with E-state index in [1.807, 2.05) is 36.4 Å². The summed E-state index contributed by atoms with van der Waals surface area (Å²) in [7, 11) is 0. The average Bonchev–Trinajstić information content (AvgIpc) is 2.35. The first-order chi connectivity index (χ1) is 8.63. The van der Waals surface area contributed by atoms with Gasteiger partial charge in [-0.25, -0.2) is 0 Å². The van der Waals surface area contributed by atoms with E-state index >= 15 is 0 Å². The Kier molecular flexibility index (Phi) is 4.67. The van der Waals surface area contributed by atoms with Gasteiger partial charge < -0.3 is 0 Å². The van der Waals surface area contributed by atoms with Gasteiger partial charge in [-0.1, -0.05) is 0 Å². The fourth-order valence-corrected chi connectivity index (χ4v) is 2.04. The van der Waals surface area contributed by atoms with Crippen molar-refractivity contribution in [2.45, 2.75) is 0 Å². The van der Waals surface area contributed by atoms with Crippen LogP contribution in [0.25, 0.3) is 0 Å². The molecule has 18 heavy (non-hydrogen) atoms. The number of aliphatic imine (C=N–C) groups is 1. The van der Waals surface area contributed by atoms with E-state index in [4.69, 9.17) is 23.2 Å². The van der Waals surface area contributed by atoms with E-state index < -0.39 is 0 Å². The van der Waals surface area contributed by atoms with Crippen LogP contribution in [-0.2, 0) is 0 Å². The Morgan fingerprint density at radius 3 is 1.94 bits per heavy atom. The van der Waals surface area contributed by atoms with Gasteiger partial charge >= 0.3 is 124 Å². The summed E-state index contributed by atoms with van der Waals surface area (Å²) >= 11 is 14.5. The number of amidine groups is 1. The van der Waals surface area contributed by atoms with Crippen LogP contribution >= 0.6 is 23.2 Å². The summed E-state index contributed by atoms with van der Waals surface area (Å²) in [6, 6.07) is 14.7. The Balaban J connectivity index is 2.09. The van der Waals surface area contributed by atoms with E-state index in [0.29, 0.717) is 14.8 Å². The maximum atomic E-state index is 5.81. The molecule has 0 fully saturated rings. The first kappa shape index (κ1) is 13.4. The minimum absolute atomic E-state index is 0.680. The third-order valence-corrected chi connectivity index (χ3v) is 3.06. The Bertz CT molecular complexity index is 550. The molecule has 0 heterocycles. The monoisotopic (exact) mass is 343 g/mol. The van der Waals surface area contributed by atoms with Gasteiger partial charge in [-0.2, -0.15) is 0 Å². The number of anilines is 1. The van der Waals surface area contributed by atoms with Crippen LogP contribution < -0.4 is 5.32 Å². The van der Waals surface area contributed by atoms with E-state index in [0.717, 1.165) is 11.4 Å². The predicted octanol–water partition coefficient (Wildman–Crippen LogP) is 4.26. The zero-order chi connectivity index (χ0) is 13.0. The Hall–Kier alpha value is -0.991. The summed E-state index contributed by atoms with van der Waals surface area (Å²) in [5, 5.41) is 4.54. The summed E-state index contributed by atoms with van der Waals surface area (Å²) < 4.78 is 0.680. The molecule has 0 aliphatic carbocycles. The summed E-state index contributed by atoms with van der Waals surface area (Å²) in [5.41, 5.74) is 1.75. The maximum absolute atomic E-state index is 5.81. The molecule has 0 atom stereocenters. The van der Waals surface area contributed by atoms with Crippen molar-refractivity contribution < 1.29 is 0 Å². The van der Waals surface area contributed by atoms with Crippen LogP contribution in [-0.4, -0.2) is 20.7 Å². The van der Waals surface area contributed by atoms with E-state index in [9.17, 15) is 0 Å². The number of nitrogens with one attached hydrogen (secondary N) is 1. The van der Waals surface area contributed by atoms with Crippen molar-refractivity contribution in [3.8, 4) is 0 Å². The summed E-state index contributed by atoms with van der Waals surface area (Å²) in [6.07, 6.45) is 0. The van der Waals surface area contributed by atoms with Crippen molar-refractivity contribution in [3.63, 3.8) is 0 Å².